The zero-order valence-electron chi connectivity index (χ0n) is 14.4. The molecule has 0 N–H and O–H groups in total. The van der Waals surface area contributed by atoms with Gasteiger partial charge in [0.1, 0.15) is 0 Å². The van der Waals surface area contributed by atoms with E-state index < -0.39 is 0 Å². The molecule has 4 nitrogen and oxygen atoms in total. The summed E-state index contributed by atoms with van der Waals surface area (Å²) in [5.74, 6) is 0.672. The van der Waals surface area contributed by atoms with E-state index in [1.54, 1.807) is 0 Å². The second-order valence-corrected chi connectivity index (χ2v) is 6.64. The highest BCUT2D eigenvalue weighted by Crippen LogP contribution is 2.31. The molecule has 1 atom stereocenters. The van der Waals surface area contributed by atoms with Crippen LogP contribution in [0, 0.1) is 6.92 Å². The quantitative estimate of drug-likeness (QED) is 0.402. The largest absolute Gasteiger partial charge is 0.371 e. The highest BCUT2D eigenvalue weighted by molar-refractivity contribution is 5.48. The molecule has 2 aromatic carbocycles. The Bertz CT molecular complexity index is 706. The summed E-state index contributed by atoms with van der Waals surface area (Å²) in [4.78, 5) is 5.33. The lowest BCUT2D eigenvalue weighted by atomic mass is 9.89. The van der Waals surface area contributed by atoms with Crippen molar-refractivity contribution >= 4 is 5.69 Å². The van der Waals surface area contributed by atoms with E-state index in [2.05, 4.69) is 70.4 Å². The molecule has 0 amide bonds. The van der Waals surface area contributed by atoms with E-state index in [-0.39, 0.29) is 6.04 Å². The summed E-state index contributed by atoms with van der Waals surface area (Å²) in [6, 6.07) is 17.3. The van der Waals surface area contributed by atoms with E-state index in [4.69, 9.17) is 5.53 Å². The van der Waals surface area contributed by atoms with Crippen molar-refractivity contribution < 1.29 is 0 Å². The van der Waals surface area contributed by atoms with E-state index in [1.165, 1.54) is 29.7 Å². The topological polar surface area (TPSA) is 52.0 Å². The Hall–Kier alpha value is -2.45. The Balaban J connectivity index is 1.62. The summed E-state index contributed by atoms with van der Waals surface area (Å²) >= 11 is 0. The number of azide groups is 1. The lowest BCUT2D eigenvalue weighted by Crippen LogP contribution is -2.32. The maximum absolute atomic E-state index is 8.54. The second kappa shape index (κ2) is 7.41. The van der Waals surface area contributed by atoms with E-state index in [9.17, 15) is 0 Å². The molecule has 0 aromatic heterocycles. The number of benzene rings is 2. The maximum Gasteiger partial charge on any atom is 0.0597 e. The Morgan fingerprint density at radius 2 is 1.67 bits per heavy atom. The van der Waals surface area contributed by atoms with E-state index in [1.807, 2.05) is 6.92 Å². The van der Waals surface area contributed by atoms with Crippen molar-refractivity contribution in [1.82, 2.24) is 0 Å². The number of rotatable bonds is 4. The zero-order valence-corrected chi connectivity index (χ0v) is 14.4. The molecule has 0 radical (unpaired) electrons. The van der Waals surface area contributed by atoms with Gasteiger partial charge >= 0.3 is 0 Å². The van der Waals surface area contributed by atoms with Crippen molar-refractivity contribution in [3.05, 3.63) is 75.7 Å². The van der Waals surface area contributed by atoms with Crippen molar-refractivity contribution in [2.75, 3.05) is 18.0 Å². The minimum Gasteiger partial charge on any atom is -0.371 e. The van der Waals surface area contributed by atoms with Crippen molar-refractivity contribution in [3.63, 3.8) is 0 Å². The van der Waals surface area contributed by atoms with Gasteiger partial charge in [-0.2, -0.15) is 0 Å². The van der Waals surface area contributed by atoms with Crippen molar-refractivity contribution in [3.8, 4) is 0 Å². The third-order valence-electron chi connectivity index (χ3n) is 5.01. The predicted molar refractivity (Wildman–Crippen MR) is 99.4 cm³/mol. The first kappa shape index (κ1) is 16.4. The Morgan fingerprint density at radius 1 is 1.04 bits per heavy atom. The molecule has 1 unspecified atom stereocenters. The van der Waals surface area contributed by atoms with Crippen LogP contribution in [0.4, 0.5) is 5.69 Å². The van der Waals surface area contributed by atoms with Gasteiger partial charge in [0, 0.05) is 23.7 Å². The van der Waals surface area contributed by atoms with Crippen LogP contribution in [0.5, 0.6) is 0 Å². The van der Waals surface area contributed by atoms with Gasteiger partial charge in [-0.3, -0.25) is 0 Å². The molecule has 1 saturated heterocycles. The molecule has 3 rings (SSSR count). The van der Waals surface area contributed by atoms with Crippen LogP contribution in [-0.2, 0) is 0 Å². The zero-order chi connectivity index (χ0) is 16.9. The summed E-state index contributed by atoms with van der Waals surface area (Å²) in [6.07, 6.45) is 2.39. The lowest BCUT2D eigenvalue weighted by Gasteiger charge is -2.34. The van der Waals surface area contributed by atoms with Gasteiger partial charge in [-0.25, -0.2) is 0 Å². The van der Waals surface area contributed by atoms with Crippen molar-refractivity contribution in [1.29, 1.82) is 0 Å². The third kappa shape index (κ3) is 3.72. The molecule has 124 valence electrons. The number of piperidine rings is 1. The molecular weight excluding hydrogens is 296 g/mol. The molecule has 24 heavy (non-hydrogen) atoms. The van der Waals surface area contributed by atoms with Gasteiger partial charge in [0.05, 0.1) is 6.04 Å². The Kier molecular flexibility index (Phi) is 5.07. The highest BCUT2D eigenvalue weighted by Gasteiger charge is 2.20. The molecule has 0 spiro atoms. The first-order chi connectivity index (χ1) is 11.7. The smallest absolute Gasteiger partial charge is 0.0597 e. The standard InChI is InChI=1S/C20H24N4/c1-15-3-5-18(6-4-15)19-11-13-24(14-12-19)20-9-7-17(8-10-20)16(2)22-23-21/h3-10,16,19H,11-14H2,1-2H3. The molecule has 1 aliphatic rings. The van der Waals surface area contributed by atoms with Crippen LogP contribution in [0.25, 0.3) is 10.4 Å². The van der Waals surface area contributed by atoms with Gasteiger partial charge in [0.2, 0.25) is 0 Å². The van der Waals surface area contributed by atoms with Crippen LogP contribution in [0.3, 0.4) is 0 Å². The van der Waals surface area contributed by atoms with Gasteiger partial charge in [0.25, 0.3) is 0 Å². The van der Waals surface area contributed by atoms with E-state index in [0.29, 0.717) is 5.92 Å². The highest BCUT2D eigenvalue weighted by atomic mass is 15.1. The number of aryl methyl sites for hydroxylation is 1. The average Bonchev–Trinajstić information content (AvgIpc) is 2.63. The fraction of sp³-hybridized carbons (Fsp3) is 0.400. The molecule has 4 heteroatoms. The summed E-state index contributed by atoms with van der Waals surface area (Å²) in [5.41, 5.74) is 13.7. The van der Waals surface area contributed by atoms with E-state index in [0.717, 1.165) is 18.7 Å². The van der Waals surface area contributed by atoms with Crippen LogP contribution in [0.2, 0.25) is 0 Å². The van der Waals surface area contributed by atoms with Gasteiger partial charge in [-0.05, 0) is 54.5 Å². The molecule has 0 saturated carbocycles. The lowest BCUT2D eigenvalue weighted by molar-refractivity contribution is 0.505. The molecule has 2 aromatic rings. The molecular formula is C20H24N4. The van der Waals surface area contributed by atoms with Crippen LogP contribution >= 0.6 is 0 Å². The van der Waals surface area contributed by atoms with Crippen molar-refractivity contribution in [2.45, 2.75) is 38.6 Å². The number of anilines is 1. The van der Waals surface area contributed by atoms with Crippen LogP contribution in [0.15, 0.2) is 53.6 Å². The SMILES string of the molecule is Cc1ccc(C2CCN(c3ccc(C(C)N=[N+]=[N-])cc3)CC2)cc1. The molecule has 1 fully saturated rings. The van der Waals surface area contributed by atoms with Crippen LogP contribution < -0.4 is 4.90 Å². The summed E-state index contributed by atoms with van der Waals surface area (Å²) < 4.78 is 0. The third-order valence-corrected chi connectivity index (χ3v) is 5.01. The van der Waals surface area contributed by atoms with Crippen LogP contribution in [-0.4, -0.2) is 13.1 Å². The van der Waals surface area contributed by atoms with E-state index >= 15 is 0 Å². The van der Waals surface area contributed by atoms with Gasteiger partial charge in [-0.1, -0.05) is 54.0 Å². The predicted octanol–water partition coefficient (Wildman–Crippen LogP) is 5.75. The van der Waals surface area contributed by atoms with Crippen LogP contribution in [0.1, 0.15) is 48.4 Å². The summed E-state index contributed by atoms with van der Waals surface area (Å²) in [5, 5.41) is 3.75. The van der Waals surface area contributed by atoms with Gasteiger partial charge in [0.15, 0.2) is 0 Å². The van der Waals surface area contributed by atoms with Gasteiger partial charge in [-0.15, -0.1) is 0 Å². The first-order valence-corrected chi connectivity index (χ1v) is 8.63. The second-order valence-electron chi connectivity index (χ2n) is 6.64. The monoisotopic (exact) mass is 320 g/mol. The number of hydrogen-bond donors (Lipinski definition) is 0. The van der Waals surface area contributed by atoms with Gasteiger partial charge < -0.3 is 4.90 Å². The van der Waals surface area contributed by atoms with Crippen molar-refractivity contribution in [2.24, 2.45) is 5.11 Å². The fourth-order valence-corrected chi connectivity index (χ4v) is 3.42. The minimum absolute atomic E-state index is 0.115. The fourth-order valence-electron chi connectivity index (χ4n) is 3.42. The number of nitrogens with zero attached hydrogens (tertiary/aromatic N) is 4. The number of hydrogen-bond acceptors (Lipinski definition) is 2. The Labute approximate surface area is 143 Å². The molecule has 1 aliphatic heterocycles. The molecule has 1 heterocycles. The normalized spacial score (nSPS) is 16.5. The Morgan fingerprint density at radius 3 is 2.25 bits per heavy atom. The summed E-state index contributed by atoms with van der Waals surface area (Å²) in [6.45, 7) is 6.23. The minimum atomic E-state index is -0.115. The molecule has 0 bridgehead atoms. The summed E-state index contributed by atoms with van der Waals surface area (Å²) in [7, 11) is 0. The average molecular weight is 320 g/mol. The first-order valence-electron chi connectivity index (χ1n) is 8.63. The maximum atomic E-state index is 8.54. The molecule has 0 aliphatic carbocycles.